The highest BCUT2D eigenvalue weighted by Crippen LogP contribution is 2.08. The number of carbonyl (C=O) groups is 1. The molecular formula is C15H23NO2. The normalized spacial score (nSPS) is 14.3. The summed E-state index contributed by atoms with van der Waals surface area (Å²) in [4.78, 5) is 11.8. The predicted octanol–water partition coefficient (Wildman–Crippen LogP) is 2.40. The minimum Gasteiger partial charge on any atom is -0.468 e. The summed E-state index contributed by atoms with van der Waals surface area (Å²) in [5, 5.41) is 3.34. The lowest BCUT2D eigenvalue weighted by Gasteiger charge is -2.24. The Balaban J connectivity index is 2.70. The second kappa shape index (κ2) is 7.17. The molecule has 0 aromatic heterocycles. The molecular weight excluding hydrogens is 226 g/mol. The molecule has 0 heterocycles. The highest BCUT2D eigenvalue weighted by molar-refractivity contribution is 5.76. The van der Waals surface area contributed by atoms with E-state index < -0.39 is 0 Å². The topological polar surface area (TPSA) is 38.3 Å². The third kappa shape index (κ3) is 4.49. The molecule has 0 aliphatic heterocycles. The molecule has 0 radical (unpaired) electrons. The van der Waals surface area contributed by atoms with Crippen LogP contribution >= 0.6 is 0 Å². The Morgan fingerprint density at radius 2 is 1.83 bits per heavy atom. The fourth-order valence-electron chi connectivity index (χ4n) is 1.71. The van der Waals surface area contributed by atoms with Crippen molar-refractivity contribution in [1.82, 2.24) is 5.32 Å². The molecule has 0 saturated heterocycles. The van der Waals surface area contributed by atoms with Crippen molar-refractivity contribution in [2.75, 3.05) is 7.11 Å². The fraction of sp³-hybridized carbons (Fsp3) is 0.533. The van der Waals surface area contributed by atoms with Crippen LogP contribution in [0, 0.1) is 5.92 Å². The lowest BCUT2D eigenvalue weighted by molar-refractivity contribution is -0.143. The molecule has 1 aromatic rings. The van der Waals surface area contributed by atoms with Gasteiger partial charge in [-0.3, -0.25) is 4.79 Å². The lowest BCUT2D eigenvalue weighted by Crippen LogP contribution is -2.46. The molecule has 1 N–H and O–H groups in total. The zero-order valence-corrected chi connectivity index (χ0v) is 11.6. The summed E-state index contributed by atoms with van der Waals surface area (Å²) in [6.07, 6.45) is 0.657. The summed E-state index contributed by atoms with van der Waals surface area (Å²) < 4.78 is 4.86. The van der Waals surface area contributed by atoms with Crippen LogP contribution in [0.1, 0.15) is 26.3 Å². The van der Waals surface area contributed by atoms with Gasteiger partial charge < -0.3 is 10.1 Å². The van der Waals surface area contributed by atoms with E-state index in [1.165, 1.54) is 7.11 Å². The van der Waals surface area contributed by atoms with Crippen LogP contribution in [-0.2, 0) is 16.0 Å². The lowest BCUT2D eigenvalue weighted by atomic mass is 10.0. The Hall–Kier alpha value is -1.35. The fourth-order valence-corrected chi connectivity index (χ4v) is 1.71. The Morgan fingerprint density at radius 3 is 2.33 bits per heavy atom. The van der Waals surface area contributed by atoms with Gasteiger partial charge in [-0.2, -0.15) is 0 Å². The molecule has 3 heteroatoms. The van der Waals surface area contributed by atoms with E-state index in [1.807, 2.05) is 30.3 Å². The van der Waals surface area contributed by atoms with Gasteiger partial charge in [0.1, 0.15) is 6.04 Å². The molecule has 0 bridgehead atoms. The predicted molar refractivity (Wildman–Crippen MR) is 73.4 cm³/mol. The van der Waals surface area contributed by atoms with Crippen LogP contribution in [0.25, 0.3) is 0 Å². The Morgan fingerprint density at radius 1 is 1.22 bits per heavy atom. The van der Waals surface area contributed by atoms with Gasteiger partial charge in [0.05, 0.1) is 7.11 Å². The summed E-state index contributed by atoms with van der Waals surface area (Å²) in [5.41, 5.74) is 1.14. The zero-order valence-electron chi connectivity index (χ0n) is 11.6. The molecule has 0 saturated carbocycles. The van der Waals surface area contributed by atoms with Crippen LogP contribution in [0.4, 0.5) is 0 Å². The van der Waals surface area contributed by atoms with Crippen LogP contribution in [0.15, 0.2) is 30.3 Å². The summed E-state index contributed by atoms with van der Waals surface area (Å²) in [7, 11) is 1.43. The maximum atomic E-state index is 11.8. The van der Waals surface area contributed by atoms with Gasteiger partial charge in [0.15, 0.2) is 0 Å². The molecule has 100 valence electrons. The molecule has 2 atom stereocenters. The number of ether oxygens (including phenoxy) is 1. The molecule has 0 aliphatic carbocycles. The molecule has 0 aliphatic rings. The highest BCUT2D eigenvalue weighted by atomic mass is 16.5. The number of nitrogens with one attached hydrogen (secondary N) is 1. The van der Waals surface area contributed by atoms with Crippen molar-refractivity contribution in [2.24, 2.45) is 5.92 Å². The van der Waals surface area contributed by atoms with Crippen LogP contribution < -0.4 is 5.32 Å². The van der Waals surface area contributed by atoms with Crippen LogP contribution in [0.5, 0.6) is 0 Å². The van der Waals surface area contributed by atoms with Gasteiger partial charge in [0, 0.05) is 6.04 Å². The highest BCUT2D eigenvalue weighted by Gasteiger charge is 2.22. The second-order valence-electron chi connectivity index (χ2n) is 4.96. The zero-order chi connectivity index (χ0) is 13.5. The number of esters is 1. The van der Waals surface area contributed by atoms with E-state index in [4.69, 9.17) is 4.74 Å². The van der Waals surface area contributed by atoms with Crippen molar-refractivity contribution in [1.29, 1.82) is 0 Å². The molecule has 1 aromatic carbocycles. The van der Waals surface area contributed by atoms with Crippen molar-refractivity contribution in [3.8, 4) is 0 Å². The van der Waals surface area contributed by atoms with Crippen LogP contribution in [-0.4, -0.2) is 25.2 Å². The molecule has 1 rings (SSSR count). The van der Waals surface area contributed by atoms with E-state index in [0.717, 1.165) is 5.56 Å². The van der Waals surface area contributed by atoms with E-state index in [2.05, 4.69) is 26.1 Å². The monoisotopic (exact) mass is 249 g/mol. The van der Waals surface area contributed by atoms with Gasteiger partial charge in [0.25, 0.3) is 0 Å². The van der Waals surface area contributed by atoms with E-state index in [9.17, 15) is 4.79 Å². The van der Waals surface area contributed by atoms with Crippen molar-refractivity contribution >= 4 is 5.97 Å². The molecule has 0 fully saturated rings. The molecule has 3 nitrogen and oxygen atoms in total. The first-order valence-electron chi connectivity index (χ1n) is 6.42. The first kappa shape index (κ1) is 14.7. The molecule has 0 spiro atoms. The second-order valence-corrected chi connectivity index (χ2v) is 4.96. The number of hydrogen-bond donors (Lipinski definition) is 1. The van der Waals surface area contributed by atoms with Crippen LogP contribution in [0.2, 0.25) is 0 Å². The van der Waals surface area contributed by atoms with Crippen molar-refractivity contribution in [3.63, 3.8) is 0 Å². The number of benzene rings is 1. The van der Waals surface area contributed by atoms with Gasteiger partial charge in [-0.1, -0.05) is 44.2 Å². The van der Waals surface area contributed by atoms with Crippen molar-refractivity contribution in [2.45, 2.75) is 39.3 Å². The summed E-state index contributed by atoms with van der Waals surface area (Å²) in [5.74, 6) is 0.277. The average molecular weight is 249 g/mol. The summed E-state index contributed by atoms with van der Waals surface area (Å²) in [6, 6.07) is 9.98. The minimum absolute atomic E-state index is 0.202. The van der Waals surface area contributed by atoms with Gasteiger partial charge in [-0.15, -0.1) is 0 Å². The van der Waals surface area contributed by atoms with Gasteiger partial charge in [-0.05, 0) is 24.8 Å². The number of rotatable bonds is 6. The first-order valence-corrected chi connectivity index (χ1v) is 6.42. The average Bonchev–Trinajstić information content (AvgIpc) is 2.38. The van der Waals surface area contributed by atoms with E-state index in [0.29, 0.717) is 12.3 Å². The number of hydrogen-bond acceptors (Lipinski definition) is 3. The van der Waals surface area contributed by atoms with E-state index >= 15 is 0 Å². The molecule has 0 amide bonds. The van der Waals surface area contributed by atoms with Crippen molar-refractivity contribution in [3.05, 3.63) is 35.9 Å². The Bertz CT molecular complexity index is 362. The largest absolute Gasteiger partial charge is 0.468 e. The smallest absolute Gasteiger partial charge is 0.323 e. The third-order valence-corrected chi connectivity index (χ3v) is 3.23. The Kier molecular flexibility index (Phi) is 5.86. The van der Waals surface area contributed by atoms with Crippen molar-refractivity contribution < 1.29 is 9.53 Å². The quantitative estimate of drug-likeness (QED) is 0.787. The SMILES string of the molecule is COC(=O)[C@H](Cc1ccccc1)N[C@@H](C)C(C)C. The molecule has 18 heavy (non-hydrogen) atoms. The van der Waals surface area contributed by atoms with E-state index in [1.54, 1.807) is 0 Å². The van der Waals surface area contributed by atoms with E-state index in [-0.39, 0.29) is 18.1 Å². The van der Waals surface area contributed by atoms with Crippen LogP contribution in [0.3, 0.4) is 0 Å². The molecule has 0 unspecified atom stereocenters. The van der Waals surface area contributed by atoms with Gasteiger partial charge in [-0.25, -0.2) is 0 Å². The Labute approximate surface area is 110 Å². The maximum absolute atomic E-state index is 11.8. The van der Waals surface area contributed by atoms with Gasteiger partial charge in [0.2, 0.25) is 0 Å². The summed E-state index contributed by atoms with van der Waals surface area (Å²) >= 11 is 0. The third-order valence-electron chi connectivity index (χ3n) is 3.23. The first-order chi connectivity index (χ1) is 8.54. The maximum Gasteiger partial charge on any atom is 0.323 e. The number of methoxy groups -OCH3 is 1. The minimum atomic E-state index is -0.283. The summed E-state index contributed by atoms with van der Waals surface area (Å²) in [6.45, 7) is 6.36. The van der Waals surface area contributed by atoms with Gasteiger partial charge >= 0.3 is 5.97 Å². The number of carbonyl (C=O) groups excluding carboxylic acids is 1. The standard InChI is InChI=1S/C15H23NO2/c1-11(2)12(3)16-14(15(17)18-4)10-13-8-6-5-7-9-13/h5-9,11-12,14,16H,10H2,1-4H3/t12-,14-/m0/s1.